The number of benzene rings is 1. The quantitative estimate of drug-likeness (QED) is 0.706. The summed E-state index contributed by atoms with van der Waals surface area (Å²) in [5, 5.41) is 12.9. The third kappa shape index (κ3) is 2.70. The fourth-order valence-corrected chi connectivity index (χ4v) is 4.47. The third-order valence-corrected chi connectivity index (χ3v) is 5.98. The zero-order valence-corrected chi connectivity index (χ0v) is 15.0. The number of carbonyl (C=O) groups is 1. The number of fused-ring (bicyclic) bond motifs is 1. The van der Waals surface area contributed by atoms with Crippen LogP contribution in [0.2, 0.25) is 0 Å². The summed E-state index contributed by atoms with van der Waals surface area (Å²) < 4.78 is 3.72. The molecule has 26 heavy (non-hydrogen) atoms. The lowest BCUT2D eigenvalue weighted by atomic mass is 10.1. The van der Waals surface area contributed by atoms with E-state index in [-0.39, 0.29) is 11.9 Å². The summed E-state index contributed by atoms with van der Waals surface area (Å²) in [7, 11) is 0. The molecule has 1 saturated heterocycles. The molecule has 0 aliphatic carbocycles. The zero-order valence-electron chi connectivity index (χ0n) is 14.2. The van der Waals surface area contributed by atoms with Gasteiger partial charge in [-0.05, 0) is 0 Å². The molecule has 0 spiro atoms. The van der Waals surface area contributed by atoms with Crippen LogP contribution < -0.4 is 0 Å². The molecular formula is C18H18N6OS. The molecule has 2 aromatic heterocycles. The predicted octanol–water partition coefficient (Wildman–Crippen LogP) is 1.97. The topological polar surface area (TPSA) is 68.8 Å². The van der Waals surface area contributed by atoms with Crippen molar-refractivity contribution in [2.45, 2.75) is 24.1 Å². The van der Waals surface area contributed by atoms with E-state index >= 15 is 0 Å². The summed E-state index contributed by atoms with van der Waals surface area (Å²) in [5.41, 5.74) is 4.38. The van der Waals surface area contributed by atoms with Crippen LogP contribution in [0.1, 0.15) is 17.3 Å². The maximum absolute atomic E-state index is 12.5. The van der Waals surface area contributed by atoms with Gasteiger partial charge in [-0.3, -0.25) is 9.48 Å². The Balaban J connectivity index is 1.21. The van der Waals surface area contributed by atoms with Crippen LogP contribution in [-0.4, -0.2) is 48.7 Å². The number of hydrogen-bond donors (Lipinski definition) is 0. The van der Waals surface area contributed by atoms with Crippen LogP contribution in [0, 0.1) is 0 Å². The Hall–Kier alpha value is -2.61. The first-order valence-electron chi connectivity index (χ1n) is 8.64. The van der Waals surface area contributed by atoms with Gasteiger partial charge < -0.3 is 4.90 Å². The number of nitrogens with zero attached hydrogens (tertiary/aromatic N) is 6. The molecule has 132 valence electrons. The molecule has 0 bridgehead atoms. The fourth-order valence-electron chi connectivity index (χ4n) is 3.38. The van der Waals surface area contributed by atoms with E-state index in [0.717, 1.165) is 22.8 Å². The highest BCUT2D eigenvalue weighted by atomic mass is 32.2. The van der Waals surface area contributed by atoms with Gasteiger partial charge in [-0.15, -0.1) is 5.10 Å². The normalized spacial score (nSPS) is 16.5. The summed E-state index contributed by atoms with van der Waals surface area (Å²) in [6.07, 6.45) is 3.85. The van der Waals surface area contributed by atoms with E-state index in [2.05, 4.69) is 15.4 Å². The van der Waals surface area contributed by atoms with Crippen LogP contribution in [0.25, 0.3) is 11.3 Å². The molecule has 1 fully saturated rings. The molecule has 2 aliphatic rings. The van der Waals surface area contributed by atoms with Gasteiger partial charge in [-0.25, -0.2) is 4.68 Å². The Labute approximate surface area is 155 Å². The van der Waals surface area contributed by atoms with Crippen molar-refractivity contribution in [1.82, 2.24) is 29.7 Å². The van der Waals surface area contributed by atoms with Crippen molar-refractivity contribution in [1.29, 1.82) is 0 Å². The number of hydrogen-bond acceptors (Lipinski definition) is 5. The van der Waals surface area contributed by atoms with Gasteiger partial charge in [0.1, 0.15) is 12.2 Å². The fraction of sp³-hybridized carbons (Fsp3) is 0.333. The summed E-state index contributed by atoms with van der Waals surface area (Å²) >= 11 is 1.87. The van der Waals surface area contributed by atoms with E-state index in [1.807, 2.05) is 68.8 Å². The Morgan fingerprint density at radius 3 is 2.88 bits per heavy atom. The van der Waals surface area contributed by atoms with Gasteiger partial charge in [0.2, 0.25) is 5.91 Å². The van der Waals surface area contributed by atoms with Crippen LogP contribution in [0.4, 0.5) is 0 Å². The van der Waals surface area contributed by atoms with Crippen molar-refractivity contribution in [3.63, 3.8) is 0 Å². The van der Waals surface area contributed by atoms with Crippen LogP contribution in [-0.2, 0) is 22.8 Å². The summed E-state index contributed by atoms with van der Waals surface area (Å²) in [5.74, 6) is 2.07. The van der Waals surface area contributed by atoms with Crippen LogP contribution in [0.3, 0.4) is 0 Å². The van der Waals surface area contributed by atoms with Gasteiger partial charge in [0, 0.05) is 35.7 Å². The van der Waals surface area contributed by atoms with E-state index in [9.17, 15) is 4.79 Å². The van der Waals surface area contributed by atoms with E-state index < -0.39 is 0 Å². The van der Waals surface area contributed by atoms with Crippen LogP contribution >= 0.6 is 11.8 Å². The maximum atomic E-state index is 12.5. The van der Waals surface area contributed by atoms with Crippen molar-refractivity contribution in [2.75, 3.05) is 13.1 Å². The lowest BCUT2D eigenvalue weighted by Crippen LogP contribution is -2.52. The smallest absolute Gasteiger partial charge is 0.244 e. The van der Waals surface area contributed by atoms with Gasteiger partial charge in [0.25, 0.3) is 0 Å². The SMILES string of the molecule is O=C(Cn1ncc2c1CSC2)N1CC(n2cc(-c3ccccc3)nn2)C1. The highest BCUT2D eigenvalue weighted by Gasteiger charge is 2.33. The highest BCUT2D eigenvalue weighted by molar-refractivity contribution is 7.98. The Bertz CT molecular complexity index is 944. The summed E-state index contributed by atoms with van der Waals surface area (Å²) in [4.78, 5) is 14.4. The van der Waals surface area contributed by atoms with E-state index in [0.29, 0.717) is 19.6 Å². The third-order valence-electron chi connectivity index (χ3n) is 4.99. The van der Waals surface area contributed by atoms with E-state index in [1.54, 1.807) is 0 Å². The van der Waals surface area contributed by atoms with E-state index in [4.69, 9.17) is 0 Å². The number of amides is 1. The average molecular weight is 366 g/mol. The molecule has 0 saturated carbocycles. The second kappa shape index (κ2) is 6.28. The van der Waals surface area contributed by atoms with Gasteiger partial charge in [0.15, 0.2) is 0 Å². The van der Waals surface area contributed by atoms with Crippen LogP contribution in [0.15, 0.2) is 42.7 Å². The van der Waals surface area contributed by atoms with Crippen molar-refractivity contribution in [3.05, 3.63) is 54.0 Å². The Morgan fingerprint density at radius 2 is 2.04 bits per heavy atom. The molecule has 1 amide bonds. The Morgan fingerprint density at radius 1 is 1.19 bits per heavy atom. The zero-order chi connectivity index (χ0) is 17.5. The standard InChI is InChI=1S/C18H18N6OS/c25-18(10-24-17-12-26-11-14(17)6-19-24)22-7-15(8-22)23-9-16(20-21-23)13-4-2-1-3-5-13/h1-6,9,15H,7-8,10-12H2. The molecule has 3 aromatic rings. The highest BCUT2D eigenvalue weighted by Crippen LogP contribution is 2.29. The number of likely N-dealkylation sites (tertiary alicyclic amines) is 1. The lowest BCUT2D eigenvalue weighted by molar-refractivity contribution is -0.138. The van der Waals surface area contributed by atoms with E-state index in [1.165, 1.54) is 11.3 Å². The molecular weight excluding hydrogens is 348 g/mol. The number of carbonyl (C=O) groups excluding carboxylic acids is 1. The molecule has 0 atom stereocenters. The molecule has 0 radical (unpaired) electrons. The monoisotopic (exact) mass is 366 g/mol. The van der Waals surface area contributed by atoms with Crippen molar-refractivity contribution >= 4 is 17.7 Å². The first-order chi connectivity index (χ1) is 12.8. The minimum absolute atomic E-state index is 0.118. The minimum Gasteiger partial charge on any atom is -0.337 e. The average Bonchev–Trinajstić information content (AvgIpc) is 3.33. The molecule has 5 rings (SSSR count). The Kier molecular flexibility index (Phi) is 3.77. The molecule has 0 N–H and O–H groups in total. The number of rotatable bonds is 4. The van der Waals surface area contributed by atoms with Crippen molar-refractivity contribution in [2.24, 2.45) is 0 Å². The molecule has 2 aliphatic heterocycles. The predicted molar refractivity (Wildman–Crippen MR) is 98.3 cm³/mol. The largest absolute Gasteiger partial charge is 0.337 e. The number of aromatic nitrogens is 5. The van der Waals surface area contributed by atoms with Gasteiger partial charge in [-0.1, -0.05) is 35.5 Å². The maximum Gasteiger partial charge on any atom is 0.244 e. The molecule has 7 nitrogen and oxygen atoms in total. The molecule has 1 aromatic carbocycles. The van der Waals surface area contributed by atoms with Gasteiger partial charge >= 0.3 is 0 Å². The summed E-state index contributed by atoms with van der Waals surface area (Å²) in [6, 6.07) is 10.2. The van der Waals surface area contributed by atoms with Gasteiger partial charge in [-0.2, -0.15) is 16.9 Å². The second-order valence-electron chi connectivity index (χ2n) is 6.67. The van der Waals surface area contributed by atoms with Crippen molar-refractivity contribution < 1.29 is 4.79 Å². The molecule has 8 heteroatoms. The molecule has 4 heterocycles. The number of thioether (sulfide) groups is 1. The lowest BCUT2D eigenvalue weighted by Gasteiger charge is -2.38. The van der Waals surface area contributed by atoms with Gasteiger partial charge in [0.05, 0.1) is 24.1 Å². The minimum atomic E-state index is 0.118. The van der Waals surface area contributed by atoms with Crippen LogP contribution in [0.5, 0.6) is 0 Å². The molecule has 0 unspecified atom stereocenters. The first kappa shape index (κ1) is 15.6. The van der Waals surface area contributed by atoms with Crippen molar-refractivity contribution in [3.8, 4) is 11.3 Å². The summed E-state index contributed by atoms with van der Waals surface area (Å²) in [6.45, 7) is 1.68. The second-order valence-corrected chi connectivity index (χ2v) is 7.65. The first-order valence-corrected chi connectivity index (χ1v) is 9.80.